The monoisotopic (exact) mass is 264 g/mol. The fourth-order valence-corrected chi connectivity index (χ4v) is 2.33. The molecule has 2 fully saturated rings. The molecule has 0 aromatic carbocycles. The van der Waals surface area contributed by atoms with E-state index in [1.54, 1.807) is 6.92 Å². The van der Waals surface area contributed by atoms with Crippen molar-refractivity contribution in [3.63, 3.8) is 0 Å². The number of aryl methyl sites for hydroxylation is 1. The summed E-state index contributed by atoms with van der Waals surface area (Å²) in [5.74, 6) is -0.377. The Labute approximate surface area is 110 Å². The van der Waals surface area contributed by atoms with E-state index in [1.165, 1.54) is 0 Å². The lowest BCUT2D eigenvalue weighted by Crippen LogP contribution is -2.59. The first-order chi connectivity index (χ1) is 9.02. The Bertz CT molecular complexity index is 541. The topological polar surface area (TPSA) is 92.4 Å². The van der Waals surface area contributed by atoms with Gasteiger partial charge in [-0.1, -0.05) is 0 Å². The third-order valence-corrected chi connectivity index (χ3v) is 3.92. The molecule has 6 heteroatoms. The molecular formula is C13H16N2O4. The SMILES string of the molecule is Cc1nc(C2CC2)oc1C(=O)NC1(C(=O)O)CCC1. The lowest BCUT2D eigenvalue weighted by molar-refractivity contribution is -0.148. The van der Waals surface area contributed by atoms with Crippen LogP contribution >= 0.6 is 0 Å². The molecule has 6 nitrogen and oxygen atoms in total. The van der Waals surface area contributed by atoms with Crippen LogP contribution in [-0.4, -0.2) is 27.5 Å². The Balaban J connectivity index is 1.78. The van der Waals surface area contributed by atoms with Crippen LogP contribution in [0.2, 0.25) is 0 Å². The zero-order valence-electron chi connectivity index (χ0n) is 10.7. The number of carboxylic acids is 1. The molecule has 0 radical (unpaired) electrons. The van der Waals surface area contributed by atoms with Crippen LogP contribution in [0.4, 0.5) is 0 Å². The van der Waals surface area contributed by atoms with Crippen molar-refractivity contribution in [3.05, 3.63) is 17.3 Å². The summed E-state index contributed by atoms with van der Waals surface area (Å²) < 4.78 is 5.48. The first-order valence-electron chi connectivity index (χ1n) is 6.55. The second-order valence-electron chi connectivity index (χ2n) is 5.44. The number of hydrogen-bond acceptors (Lipinski definition) is 4. The standard InChI is InChI=1S/C13H16N2O4/c1-7-9(19-11(14-7)8-3-4-8)10(16)15-13(12(17)18)5-2-6-13/h8H,2-6H2,1H3,(H,15,16)(H,17,18). The summed E-state index contributed by atoms with van der Waals surface area (Å²) >= 11 is 0. The normalized spacial score (nSPS) is 20.7. The van der Waals surface area contributed by atoms with Crippen molar-refractivity contribution < 1.29 is 19.1 Å². The van der Waals surface area contributed by atoms with E-state index in [4.69, 9.17) is 4.42 Å². The van der Waals surface area contributed by atoms with Crippen molar-refractivity contribution >= 4 is 11.9 Å². The van der Waals surface area contributed by atoms with Crippen LogP contribution in [0.1, 0.15) is 60.2 Å². The average Bonchev–Trinajstić information content (AvgIpc) is 3.07. The van der Waals surface area contributed by atoms with Crippen LogP contribution in [-0.2, 0) is 4.79 Å². The molecule has 2 aliphatic rings. The van der Waals surface area contributed by atoms with Crippen LogP contribution < -0.4 is 5.32 Å². The molecular weight excluding hydrogens is 248 g/mol. The predicted molar refractivity (Wildman–Crippen MR) is 64.9 cm³/mol. The third kappa shape index (κ3) is 2.01. The van der Waals surface area contributed by atoms with E-state index in [0.29, 0.717) is 30.3 Å². The number of nitrogens with zero attached hydrogens (tertiary/aromatic N) is 1. The van der Waals surface area contributed by atoms with Crippen LogP contribution in [0.3, 0.4) is 0 Å². The highest BCUT2D eigenvalue weighted by Gasteiger charge is 2.46. The van der Waals surface area contributed by atoms with Gasteiger partial charge in [0.1, 0.15) is 5.54 Å². The number of aliphatic carboxylic acids is 1. The average molecular weight is 264 g/mol. The lowest BCUT2D eigenvalue weighted by Gasteiger charge is -2.37. The number of carbonyl (C=O) groups is 2. The number of carbonyl (C=O) groups excluding carboxylic acids is 1. The van der Waals surface area contributed by atoms with Crippen LogP contribution in [0, 0.1) is 6.92 Å². The summed E-state index contributed by atoms with van der Waals surface area (Å²) in [7, 11) is 0. The van der Waals surface area contributed by atoms with Crippen molar-refractivity contribution in [2.45, 2.75) is 50.5 Å². The van der Waals surface area contributed by atoms with Gasteiger partial charge in [0.25, 0.3) is 5.91 Å². The van der Waals surface area contributed by atoms with Gasteiger partial charge in [-0.3, -0.25) is 4.79 Å². The molecule has 102 valence electrons. The molecule has 19 heavy (non-hydrogen) atoms. The second-order valence-corrected chi connectivity index (χ2v) is 5.44. The Morgan fingerprint density at radius 3 is 2.58 bits per heavy atom. The van der Waals surface area contributed by atoms with E-state index in [1.807, 2.05) is 0 Å². The highest BCUT2D eigenvalue weighted by molar-refractivity contribution is 5.96. The second kappa shape index (κ2) is 4.08. The molecule has 0 unspecified atom stereocenters. The largest absolute Gasteiger partial charge is 0.480 e. The van der Waals surface area contributed by atoms with Gasteiger partial charge < -0.3 is 14.8 Å². The van der Waals surface area contributed by atoms with Gasteiger partial charge in [0.15, 0.2) is 5.89 Å². The van der Waals surface area contributed by atoms with Crippen molar-refractivity contribution in [2.75, 3.05) is 0 Å². The Morgan fingerprint density at radius 1 is 1.42 bits per heavy atom. The summed E-state index contributed by atoms with van der Waals surface area (Å²) in [5, 5.41) is 11.8. The van der Waals surface area contributed by atoms with Gasteiger partial charge in [-0.05, 0) is 39.0 Å². The van der Waals surface area contributed by atoms with Gasteiger partial charge in [-0.15, -0.1) is 0 Å². The van der Waals surface area contributed by atoms with E-state index >= 15 is 0 Å². The highest BCUT2D eigenvalue weighted by atomic mass is 16.4. The zero-order valence-corrected chi connectivity index (χ0v) is 10.7. The minimum Gasteiger partial charge on any atom is -0.480 e. The van der Waals surface area contributed by atoms with Gasteiger partial charge in [0, 0.05) is 5.92 Å². The summed E-state index contributed by atoms with van der Waals surface area (Å²) in [6.07, 6.45) is 3.84. The molecule has 1 heterocycles. The summed E-state index contributed by atoms with van der Waals surface area (Å²) in [6, 6.07) is 0. The van der Waals surface area contributed by atoms with E-state index in [-0.39, 0.29) is 5.76 Å². The number of oxazole rings is 1. The fourth-order valence-electron chi connectivity index (χ4n) is 2.33. The molecule has 0 spiro atoms. The van der Waals surface area contributed by atoms with Crippen LogP contribution in [0.25, 0.3) is 0 Å². The summed E-state index contributed by atoms with van der Waals surface area (Å²) in [6.45, 7) is 1.71. The van der Waals surface area contributed by atoms with E-state index in [9.17, 15) is 14.7 Å². The molecule has 1 aromatic rings. The number of aromatic nitrogens is 1. The Kier molecular flexibility index (Phi) is 2.62. The number of amides is 1. The maximum absolute atomic E-state index is 12.1. The first kappa shape index (κ1) is 12.2. The van der Waals surface area contributed by atoms with Gasteiger partial charge >= 0.3 is 5.97 Å². The zero-order chi connectivity index (χ0) is 13.6. The maximum Gasteiger partial charge on any atom is 0.329 e. The molecule has 0 atom stereocenters. The van der Waals surface area contributed by atoms with Crippen molar-refractivity contribution in [1.29, 1.82) is 0 Å². The summed E-state index contributed by atoms with van der Waals surface area (Å²) in [4.78, 5) is 27.6. The number of hydrogen-bond donors (Lipinski definition) is 2. The van der Waals surface area contributed by atoms with E-state index in [0.717, 1.165) is 19.3 Å². The van der Waals surface area contributed by atoms with E-state index < -0.39 is 17.4 Å². The minimum atomic E-state index is -1.12. The molecule has 0 bridgehead atoms. The van der Waals surface area contributed by atoms with Crippen LogP contribution in [0.5, 0.6) is 0 Å². The highest BCUT2D eigenvalue weighted by Crippen LogP contribution is 2.40. The molecule has 3 rings (SSSR count). The molecule has 2 N–H and O–H groups in total. The quantitative estimate of drug-likeness (QED) is 0.861. The predicted octanol–water partition coefficient (Wildman–Crippen LogP) is 1.60. The molecule has 2 saturated carbocycles. The number of nitrogens with one attached hydrogen (secondary N) is 1. The van der Waals surface area contributed by atoms with Crippen molar-refractivity contribution in [2.24, 2.45) is 0 Å². The lowest BCUT2D eigenvalue weighted by atomic mass is 9.76. The minimum absolute atomic E-state index is 0.148. The maximum atomic E-state index is 12.1. The fraction of sp³-hybridized carbons (Fsp3) is 0.615. The first-order valence-corrected chi connectivity index (χ1v) is 6.55. The smallest absolute Gasteiger partial charge is 0.329 e. The Morgan fingerprint density at radius 2 is 2.11 bits per heavy atom. The van der Waals surface area contributed by atoms with Gasteiger partial charge in [0.05, 0.1) is 5.69 Å². The van der Waals surface area contributed by atoms with Gasteiger partial charge in [0.2, 0.25) is 5.76 Å². The molecule has 2 aliphatic carbocycles. The molecule has 0 aliphatic heterocycles. The number of carboxylic acid groups (broad SMARTS) is 1. The van der Waals surface area contributed by atoms with E-state index in [2.05, 4.69) is 10.3 Å². The van der Waals surface area contributed by atoms with Crippen molar-refractivity contribution in [3.8, 4) is 0 Å². The molecule has 1 aromatic heterocycles. The third-order valence-electron chi connectivity index (χ3n) is 3.92. The number of rotatable bonds is 4. The Hall–Kier alpha value is -1.85. The van der Waals surface area contributed by atoms with Gasteiger partial charge in [-0.2, -0.15) is 0 Å². The summed E-state index contributed by atoms with van der Waals surface area (Å²) in [5.41, 5.74) is -0.588. The van der Waals surface area contributed by atoms with Crippen LogP contribution in [0.15, 0.2) is 4.42 Å². The molecule has 0 saturated heterocycles. The van der Waals surface area contributed by atoms with Gasteiger partial charge in [-0.25, -0.2) is 9.78 Å². The van der Waals surface area contributed by atoms with Crippen molar-refractivity contribution in [1.82, 2.24) is 10.3 Å². The molecule has 1 amide bonds.